The molecule has 0 bridgehead atoms. The normalized spacial score (nSPS) is 10.8. The predicted octanol–water partition coefficient (Wildman–Crippen LogP) is 4.01. The van der Waals surface area contributed by atoms with Gasteiger partial charge >= 0.3 is 5.97 Å². The number of nitrogens with one attached hydrogen (secondary N) is 2. The molecule has 3 N–H and O–H groups in total. The summed E-state index contributed by atoms with van der Waals surface area (Å²) in [5, 5.41) is 13.3. The second-order valence-corrected chi connectivity index (χ2v) is 5.92. The number of carbonyl (C=O) groups is 2. The Kier molecular flexibility index (Phi) is 4.27. The Labute approximate surface area is 143 Å². The summed E-state index contributed by atoms with van der Waals surface area (Å²) in [5.74, 6) is -1.20. The third-order valence-electron chi connectivity index (χ3n) is 3.82. The van der Waals surface area contributed by atoms with E-state index in [4.69, 9.17) is 16.7 Å². The highest BCUT2D eigenvalue weighted by atomic mass is 35.5. The predicted molar refractivity (Wildman–Crippen MR) is 93.8 cm³/mol. The maximum absolute atomic E-state index is 12.4. The van der Waals surface area contributed by atoms with E-state index in [9.17, 15) is 9.59 Å². The standard InChI is InChI=1S/C18H15ClN2O3/c1-10-13(9-16(22)23)17-14(20-10)3-2-4-15(17)21-18(24)11-5-7-12(19)8-6-11/h2-8,20H,9H2,1H3,(H,21,24)(H,22,23). The summed E-state index contributed by atoms with van der Waals surface area (Å²) in [4.78, 5) is 26.7. The van der Waals surface area contributed by atoms with Gasteiger partial charge in [-0.2, -0.15) is 0 Å². The molecule has 2 aromatic carbocycles. The number of anilines is 1. The number of benzene rings is 2. The summed E-state index contributed by atoms with van der Waals surface area (Å²) >= 11 is 5.84. The molecule has 1 amide bonds. The van der Waals surface area contributed by atoms with Crippen LogP contribution in [-0.2, 0) is 11.2 Å². The zero-order valence-corrected chi connectivity index (χ0v) is 13.6. The lowest BCUT2D eigenvalue weighted by Gasteiger charge is -2.08. The van der Waals surface area contributed by atoms with Crippen molar-refractivity contribution < 1.29 is 14.7 Å². The first kappa shape index (κ1) is 16.1. The van der Waals surface area contributed by atoms with Crippen LogP contribution in [0.4, 0.5) is 5.69 Å². The Balaban J connectivity index is 2.01. The van der Waals surface area contributed by atoms with Crippen LogP contribution in [0, 0.1) is 6.92 Å². The summed E-state index contributed by atoms with van der Waals surface area (Å²) in [5.41, 5.74) is 3.29. The Bertz CT molecular complexity index is 929. The molecule has 122 valence electrons. The molecule has 0 fully saturated rings. The Morgan fingerprint density at radius 2 is 1.88 bits per heavy atom. The van der Waals surface area contributed by atoms with E-state index in [1.807, 2.05) is 13.0 Å². The van der Waals surface area contributed by atoms with Crippen LogP contribution in [0.2, 0.25) is 5.02 Å². The number of hydrogen-bond donors (Lipinski definition) is 3. The Morgan fingerprint density at radius 1 is 1.17 bits per heavy atom. The molecule has 3 rings (SSSR count). The lowest BCUT2D eigenvalue weighted by molar-refractivity contribution is -0.136. The van der Waals surface area contributed by atoms with Crippen molar-refractivity contribution in [3.05, 3.63) is 64.3 Å². The fourth-order valence-corrected chi connectivity index (χ4v) is 2.84. The van der Waals surface area contributed by atoms with E-state index < -0.39 is 5.97 Å². The van der Waals surface area contributed by atoms with Crippen molar-refractivity contribution in [2.75, 3.05) is 5.32 Å². The fourth-order valence-electron chi connectivity index (χ4n) is 2.72. The van der Waals surface area contributed by atoms with Gasteiger partial charge in [0.25, 0.3) is 5.91 Å². The van der Waals surface area contributed by atoms with E-state index in [0.717, 1.165) is 16.6 Å². The van der Waals surface area contributed by atoms with Crippen molar-refractivity contribution in [1.82, 2.24) is 4.98 Å². The van der Waals surface area contributed by atoms with E-state index in [-0.39, 0.29) is 12.3 Å². The number of rotatable bonds is 4. The minimum atomic E-state index is -0.919. The van der Waals surface area contributed by atoms with Gasteiger partial charge in [-0.05, 0) is 48.9 Å². The average molecular weight is 343 g/mol. The number of carboxylic acid groups (broad SMARTS) is 1. The first-order valence-corrected chi connectivity index (χ1v) is 7.72. The van der Waals surface area contributed by atoms with Crippen molar-refractivity contribution in [3.63, 3.8) is 0 Å². The number of aromatic amines is 1. The van der Waals surface area contributed by atoms with Gasteiger partial charge in [0.2, 0.25) is 0 Å². The van der Waals surface area contributed by atoms with E-state index in [1.165, 1.54) is 0 Å². The molecule has 24 heavy (non-hydrogen) atoms. The van der Waals surface area contributed by atoms with Gasteiger partial charge in [0.05, 0.1) is 12.1 Å². The Morgan fingerprint density at radius 3 is 2.54 bits per heavy atom. The second kappa shape index (κ2) is 6.37. The van der Waals surface area contributed by atoms with Gasteiger partial charge in [-0.3, -0.25) is 9.59 Å². The van der Waals surface area contributed by atoms with Crippen molar-refractivity contribution in [3.8, 4) is 0 Å². The first-order chi connectivity index (χ1) is 11.5. The van der Waals surface area contributed by atoms with E-state index >= 15 is 0 Å². The largest absolute Gasteiger partial charge is 0.481 e. The summed E-state index contributed by atoms with van der Waals surface area (Å²) in [7, 11) is 0. The highest BCUT2D eigenvalue weighted by molar-refractivity contribution is 6.30. The highest BCUT2D eigenvalue weighted by Crippen LogP contribution is 2.30. The molecule has 0 saturated carbocycles. The molecule has 0 aliphatic rings. The molecule has 0 radical (unpaired) electrons. The molecule has 0 aliphatic heterocycles. The van der Waals surface area contributed by atoms with Crippen LogP contribution in [0.3, 0.4) is 0 Å². The van der Waals surface area contributed by atoms with Crippen molar-refractivity contribution in [2.45, 2.75) is 13.3 Å². The molecule has 5 nitrogen and oxygen atoms in total. The lowest BCUT2D eigenvalue weighted by Crippen LogP contribution is -2.12. The summed E-state index contributed by atoms with van der Waals surface area (Å²) in [6.45, 7) is 1.82. The van der Waals surface area contributed by atoms with Gasteiger partial charge in [-0.25, -0.2) is 0 Å². The maximum atomic E-state index is 12.4. The summed E-state index contributed by atoms with van der Waals surface area (Å²) < 4.78 is 0. The maximum Gasteiger partial charge on any atom is 0.307 e. The number of H-pyrrole nitrogens is 1. The third kappa shape index (κ3) is 3.12. The number of aliphatic carboxylic acids is 1. The van der Waals surface area contributed by atoms with E-state index in [2.05, 4.69) is 10.3 Å². The van der Waals surface area contributed by atoms with Crippen LogP contribution in [0.1, 0.15) is 21.6 Å². The minimum Gasteiger partial charge on any atom is -0.481 e. The van der Waals surface area contributed by atoms with Crippen molar-refractivity contribution >= 4 is 40.1 Å². The molecule has 3 aromatic rings. The SMILES string of the molecule is Cc1[nH]c2cccc(NC(=O)c3ccc(Cl)cc3)c2c1CC(=O)O. The van der Waals surface area contributed by atoms with Gasteiger partial charge in [0.1, 0.15) is 0 Å². The summed E-state index contributed by atoms with van der Waals surface area (Å²) in [6.07, 6.45) is -0.111. The topological polar surface area (TPSA) is 82.2 Å². The van der Waals surface area contributed by atoms with Gasteiger partial charge < -0.3 is 15.4 Å². The molecule has 0 spiro atoms. The molecule has 0 aliphatic carbocycles. The number of amides is 1. The third-order valence-corrected chi connectivity index (χ3v) is 4.08. The number of aryl methyl sites for hydroxylation is 1. The number of carboxylic acids is 1. The van der Waals surface area contributed by atoms with E-state index in [0.29, 0.717) is 21.8 Å². The van der Waals surface area contributed by atoms with Gasteiger partial charge in [0.15, 0.2) is 0 Å². The molecular weight excluding hydrogens is 328 g/mol. The van der Waals surface area contributed by atoms with Crippen LogP contribution < -0.4 is 5.32 Å². The second-order valence-electron chi connectivity index (χ2n) is 5.49. The molecular formula is C18H15ClN2O3. The zero-order chi connectivity index (χ0) is 17.3. The van der Waals surface area contributed by atoms with Crippen LogP contribution in [0.25, 0.3) is 10.9 Å². The first-order valence-electron chi connectivity index (χ1n) is 7.34. The fraction of sp³-hybridized carbons (Fsp3) is 0.111. The number of carbonyl (C=O) groups excluding carboxylic acids is 1. The number of halogens is 1. The number of aromatic nitrogens is 1. The quantitative estimate of drug-likeness (QED) is 0.670. The smallest absolute Gasteiger partial charge is 0.307 e. The van der Waals surface area contributed by atoms with Crippen LogP contribution in [0.15, 0.2) is 42.5 Å². The number of fused-ring (bicyclic) bond motifs is 1. The minimum absolute atomic E-state index is 0.111. The molecule has 1 aromatic heterocycles. The monoisotopic (exact) mass is 342 g/mol. The van der Waals surface area contributed by atoms with Crippen LogP contribution in [0.5, 0.6) is 0 Å². The summed E-state index contributed by atoms with van der Waals surface area (Å²) in [6, 6.07) is 12.0. The van der Waals surface area contributed by atoms with Crippen LogP contribution in [-0.4, -0.2) is 22.0 Å². The molecule has 6 heteroatoms. The highest BCUT2D eigenvalue weighted by Gasteiger charge is 2.16. The number of hydrogen-bond acceptors (Lipinski definition) is 2. The van der Waals surface area contributed by atoms with Crippen molar-refractivity contribution in [1.29, 1.82) is 0 Å². The molecule has 1 heterocycles. The Hall–Kier alpha value is -2.79. The van der Waals surface area contributed by atoms with Gasteiger partial charge in [0, 0.05) is 27.2 Å². The molecule has 0 atom stereocenters. The van der Waals surface area contributed by atoms with Crippen molar-refractivity contribution in [2.24, 2.45) is 0 Å². The zero-order valence-electron chi connectivity index (χ0n) is 12.9. The average Bonchev–Trinajstić information content (AvgIpc) is 2.84. The lowest BCUT2D eigenvalue weighted by atomic mass is 10.1. The van der Waals surface area contributed by atoms with Gasteiger partial charge in [-0.15, -0.1) is 0 Å². The molecule has 0 unspecified atom stereocenters. The van der Waals surface area contributed by atoms with E-state index in [1.54, 1.807) is 36.4 Å². The molecule has 0 saturated heterocycles. The van der Waals surface area contributed by atoms with Crippen LogP contribution >= 0.6 is 11.6 Å². The van der Waals surface area contributed by atoms with Gasteiger partial charge in [-0.1, -0.05) is 17.7 Å².